The van der Waals surface area contributed by atoms with Crippen molar-refractivity contribution in [3.8, 4) is 5.69 Å². The fourth-order valence-corrected chi connectivity index (χ4v) is 3.12. The van der Waals surface area contributed by atoms with Crippen LogP contribution in [0.15, 0.2) is 60.8 Å². The SMILES string of the molecule is CC(=O)C=Cc1ccc(-n2cc(CCNC(C)C)c3ccccc32)cc1. The van der Waals surface area contributed by atoms with Gasteiger partial charge in [0.15, 0.2) is 5.78 Å². The molecule has 2 aromatic carbocycles. The molecule has 0 aliphatic rings. The quantitative estimate of drug-likeness (QED) is 0.625. The number of carbonyl (C=O) groups is 1. The maximum absolute atomic E-state index is 11.1. The lowest BCUT2D eigenvalue weighted by Gasteiger charge is -2.07. The first-order valence-corrected chi connectivity index (χ1v) is 9.16. The molecule has 0 aliphatic carbocycles. The van der Waals surface area contributed by atoms with E-state index in [1.165, 1.54) is 16.5 Å². The smallest absolute Gasteiger partial charge is 0.152 e. The van der Waals surface area contributed by atoms with Crippen molar-refractivity contribution in [1.82, 2.24) is 9.88 Å². The molecule has 3 nitrogen and oxygen atoms in total. The number of carbonyl (C=O) groups excluding carboxylic acids is 1. The number of aromatic nitrogens is 1. The summed E-state index contributed by atoms with van der Waals surface area (Å²) in [5.74, 6) is 0.0603. The average molecular weight is 346 g/mol. The van der Waals surface area contributed by atoms with E-state index in [0.29, 0.717) is 6.04 Å². The fraction of sp³-hybridized carbons (Fsp3) is 0.261. The van der Waals surface area contributed by atoms with Gasteiger partial charge in [0.2, 0.25) is 0 Å². The first kappa shape index (κ1) is 18.2. The molecule has 0 bridgehead atoms. The van der Waals surface area contributed by atoms with Gasteiger partial charge in [-0.15, -0.1) is 0 Å². The van der Waals surface area contributed by atoms with Crippen LogP contribution in [0.5, 0.6) is 0 Å². The largest absolute Gasteiger partial charge is 0.316 e. The predicted octanol–water partition coefficient (Wildman–Crippen LogP) is 4.77. The highest BCUT2D eigenvalue weighted by atomic mass is 16.1. The van der Waals surface area contributed by atoms with E-state index >= 15 is 0 Å². The van der Waals surface area contributed by atoms with Crippen LogP contribution in [0, 0.1) is 0 Å². The van der Waals surface area contributed by atoms with Crippen LogP contribution in [0.1, 0.15) is 31.9 Å². The minimum atomic E-state index is 0.0603. The van der Waals surface area contributed by atoms with E-state index in [2.05, 4.69) is 66.3 Å². The molecule has 0 amide bonds. The number of nitrogens with zero attached hydrogens (tertiary/aromatic N) is 1. The zero-order valence-electron chi connectivity index (χ0n) is 15.7. The average Bonchev–Trinajstić information content (AvgIpc) is 2.99. The highest BCUT2D eigenvalue weighted by Crippen LogP contribution is 2.25. The van der Waals surface area contributed by atoms with Gasteiger partial charge in [0.05, 0.1) is 5.52 Å². The molecule has 3 rings (SSSR count). The molecule has 1 heterocycles. The van der Waals surface area contributed by atoms with Crippen LogP contribution in [0.2, 0.25) is 0 Å². The van der Waals surface area contributed by atoms with Gasteiger partial charge in [0.25, 0.3) is 0 Å². The first-order chi connectivity index (χ1) is 12.5. The number of allylic oxidation sites excluding steroid dienone is 1. The van der Waals surface area contributed by atoms with Crippen LogP contribution in [0.3, 0.4) is 0 Å². The second-order valence-corrected chi connectivity index (χ2v) is 6.94. The topological polar surface area (TPSA) is 34.0 Å². The molecule has 0 unspecified atom stereocenters. The van der Waals surface area contributed by atoms with Gasteiger partial charge in [-0.25, -0.2) is 0 Å². The maximum atomic E-state index is 11.1. The van der Waals surface area contributed by atoms with Crippen LogP contribution in [0.25, 0.3) is 22.7 Å². The molecule has 0 saturated carbocycles. The molecule has 26 heavy (non-hydrogen) atoms. The minimum Gasteiger partial charge on any atom is -0.316 e. The van der Waals surface area contributed by atoms with E-state index in [1.54, 1.807) is 13.0 Å². The molecule has 3 heteroatoms. The second kappa shape index (κ2) is 8.15. The summed E-state index contributed by atoms with van der Waals surface area (Å²) >= 11 is 0. The van der Waals surface area contributed by atoms with Gasteiger partial charge in [-0.1, -0.05) is 50.3 Å². The number of nitrogens with one attached hydrogen (secondary N) is 1. The molecule has 1 aromatic heterocycles. The summed E-state index contributed by atoms with van der Waals surface area (Å²) < 4.78 is 2.25. The summed E-state index contributed by atoms with van der Waals surface area (Å²) in [5.41, 5.74) is 4.74. The van der Waals surface area contributed by atoms with Crippen molar-refractivity contribution in [1.29, 1.82) is 0 Å². The predicted molar refractivity (Wildman–Crippen MR) is 110 cm³/mol. The molecule has 0 aliphatic heterocycles. The summed E-state index contributed by atoms with van der Waals surface area (Å²) in [4.78, 5) is 11.1. The maximum Gasteiger partial charge on any atom is 0.152 e. The van der Waals surface area contributed by atoms with Gasteiger partial charge in [-0.2, -0.15) is 0 Å². The molecule has 0 fully saturated rings. The molecule has 0 spiro atoms. The highest BCUT2D eigenvalue weighted by molar-refractivity contribution is 5.91. The Morgan fingerprint density at radius 2 is 1.85 bits per heavy atom. The normalized spacial score (nSPS) is 11.7. The van der Waals surface area contributed by atoms with Crippen LogP contribution in [-0.2, 0) is 11.2 Å². The van der Waals surface area contributed by atoms with Gasteiger partial charge in [0.1, 0.15) is 0 Å². The van der Waals surface area contributed by atoms with Crippen LogP contribution < -0.4 is 5.32 Å². The Kier molecular flexibility index (Phi) is 5.69. The van der Waals surface area contributed by atoms with Crippen molar-refractivity contribution in [2.24, 2.45) is 0 Å². The molecule has 0 saturated heterocycles. The van der Waals surface area contributed by atoms with Crippen molar-refractivity contribution >= 4 is 22.8 Å². The fourth-order valence-electron chi connectivity index (χ4n) is 3.12. The van der Waals surface area contributed by atoms with Crippen molar-refractivity contribution in [3.63, 3.8) is 0 Å². The first-order valence-electron chi connectivity index (χ1n) is 9.16. The Morgan fingerprint density at radius 1 is 1.12 bits per heavy atom. The van der Waals surface area contributed by atoms with Crippen LogP contribution in [0.4, 0.5) is 0 Å². The number of ketones is 1. The number of hydrogen-bond donors (Lipinski definition) is 1. The van der Waals surface area contributed by atoms with Crippen molar-refractivity contribution in [2.45, 2.75) is 33.2 Å². The van der Waals surface area contributed by atoms with E-state index < -0.39 is 0 Å². The third-order valence-electron chi connectivity index (χ3n) is 4.42. The summed E-state index contributed by atoms with van der Waals surface area (Å²) in [6.45, 7) is 6.88. The van der Waals surface area contributed by atoms with Crippen LogP contribution >= 0.6 is 0 Å². The van der Waals surface area contributed by atoms with Crippen LogP contribution in [-0.4, -0.2) is 22.9 Å². The highest BCUT2D eigenvalue weighted by Gasteiger charge is 2.09. The summed E-state index contributed by atoms with van der Waals surface area (Å²) in [6, 6.07) is 17.3. The second-order valence-electron chi connectivity index (χ2n) is 6.94. The Balaban J connectivity index is 1.91. The summed E-state index contributed by atoms with van der Waals surface area (Å²) in [5, 5.41) is 4.80. The molecule has 0 radical (unpaired) electrons. The lowest BCUT2D eigenvalue weighted by atomic mass is 10.1. The Morgan fingerprint density at radius 3 is 2.54 bits per heavy atom. The van der Waals surface area contributed by atoms with E-state index in [9.17, 15) is 4.79 Å². The monoisotopic (exact) mass is 346 g/mol. The van der Waals surface area contributed by atoms with Gasteiger partial charge in [-0.3, -0.25) is 4.79 Å². The third-order valence-corrected chi connectivity index (χ3v) is 4.42. The Hall–Kier alpha value is -2.65. The summed E-state index contributed by atoms with van der Waals surface area (Å²) in [7, 11) is 0. The molecule has 0 atom stereocenters. The van der Waals surface area contributed by atoms with Gasteiger partial charge < -0.3 is 9.88 Å². The lowest BCUT2D eigenvalue weighted by molar-refractivity contribution is -0.112. The standard InChI is InChI=1S/C23H26N2O/c1-17(2)24-15-14-20-16-25(23-7-5-4-6-22(20)23)21-12-10-19(11-13-21)9-8-18(3)26/h4-13,16-17,24H,14-15H2,1-3H3. The lowest BCUT2D eigenvalue weighted by Crippen LogP contribution is -2.24. The molecule has 3 aromatic rings. The zero-order chi connectivity index (χ0) is 18.5. The van der Waals surface area contributed by atoms with Crippen molar-refractivity contribution in [2.75, 3.05) is 6.54 Å². The van der Waals surface area contributed by atoms with E-state index in [1.807, 2.05) is 18.2 Å². The Bertz CT molecular complexity index is 917. The van der Waals surface area contributed by atoms with Gasteiger partial charge in [0, 0.05) is 23.3 Å². The molecular weight excluding hydrogens is 320 g/mol. The number of hydrogen-bond acceptors (Lipinski definition) is 2. The molecule has 1 N–H and O–H groups in total. The zero-order valence-corrected chi connectivity index (χ0v) is 15.7. The summed E-state index contributed by atoms with van der Waals surface area (Å²) in [6.07, 6.45) is 6.70. The van der Waals surface area contributed by atoms with E-state index in [0.717, 1.165) is 24.2 Å². The number of benzene rings is 2. The number of fused-ring (bicyclic) bond motifs is 1. The minimum absolute atomic E-state index is 0.0603. The van der Waals surface area contributed by atoms with Gasteiger partial charge in [-0.05, 0) is 55.3 Å². The molecule has 134 valence electrons. The third kappa shape index (κ3) is 4.30. The Labute approximate surface area is 155 Å². The van der Waals surface area contributed by atoms with E-state index in [4.69, 9.17) is 0 Å². The van der Waals surface area contributed by atoms with Crippen molar-refractivity contribution < 1.29 is 4.79 Å². The molecular formula is C23H26N2O. The van der Waals surface area contributed by atoms with E-state index in [-0.39, 0.29) is 5.78 Å². The van der Waals surface area contributed by atoms with Crippen molar-refractivity contribution in [3.05, 3.63) is 71.9 Å². The van der Waals surface area contributed by atoms with Gasteiger partial charge >= 0.3 is 0 Å². The number of rotatable bonds is 7. The number of para-hydroxylation sites is 1.